The lowest BCUT2D eigenvalue weighted by Gasteiger charge is -2.37. The third kappa shape index (κ3) is 4.93. The Morgan fingerprint density at radius 1 is 1.37 bits per heavy atom. The maximum Gasteiger partial charge on any atom is 0.220 e. The molecule has 2 fully saturated rings. The zero-order chi connectivity index (χ0) is 12.8. The van der Waals surface area contributed by atoms with Gasteiger partial charge in [0.2, 0.25) is 5.91 Å². The Kier molecular flexibility index (Phi) is 7.11. The minimum absolute atomic E-state index is 0. The number of rotatable bonds is 6. The van der Waals surface area contributed by atoms with E-state index >= 15 is 0 Å². The lowest BCUT2D eigenvalue weighted by molar-refractivity contribution is -0.123. The number of carbonyl (C=O) groups is 1. The number of ether oxygens (including phenoxy) is 1. The summed E-state index contributed by atoms with van der Waals surface area (Å²) in [5.74, 6) is 0.880. The molecule has 1 saturated heterocycles. The van der Waals surface area contributed by atoms with Crippen LogP contribution in [0, 0.1) is 11.3 Å². The van der Waals surface area contributed by atoms with Crippen molar-refractivity contribution in [2.75, 3.05) is 33.4 Å². The predicted molar refractivity (Wildman–Crippen MR) is 78.6 cm³/mol. The van der Waals surface area contributed by atoms with E-state index in [2.05, 4.69) is 10.6 Å². The Hall–Kier alpha value is -0.320. The van der Waals surface area contributed by atoms with E-state index < -0.39 is 0 Å². The van der Waals surface area contributed by atoms with Gasteiger partial charge in [-0.15, -0.1) is 12.4 Å². The van der Waals surface area contributed by atoms with E-state index in [1.807, 2.05) is 0 Å². The lowest BCUT2D eigenvalue weighted by atomic mass is 9.79. The van der Waals surface area contributed by atoms with E-state index in [-0.39, 0.29) is 23.7 Å². The number of hydrogen-bond acceptors (Lipinski definition) is 3. The third-order valence-corrected chi connectivity index (χ3v) is 4.47. The second kappa shape index (κ2) is 8.08. The zero-order valence-electron chi connectivity index (χ0n) is 11.9. The van der Waals surface area contributed by atoms with Crippen molar-refractivity contribution >= 4 is 18.3 Å². The van der Waals surface area contributed by atoms with Crippen LogP contribution in [0.25, 0.3) is 0 Å². The molecule has 0 unspecified atom stereocenters. The van der Waals surface area contributed by atoms with Gasteiger partial charge in [0.1, 0.15) is 0 Å². The second-order valence-electron chi connectivity index (χ2n) is 5.96. The zero-order valence-corrected chi connectivity index (χ0v) is 12.7. The van der Waals surface area contributed by atoms with Crippen LogP contribution in [-0.2, 0) is 9.53 Å². The first-order valence-corrected chi connectivity index (χ1v) is 7.20. The lowest BCUT2D eigenvalue weighted by Crippen LogP contribution is -2.47. The van der Waals surface area contributed by atoms with Crippen LogP contribution in [0.1, 0.15) is 38.5 Å². The average molecular weight is 291 g/mol. The van der Waals surface area contributed by atoms with Crippen LogP contribution in [-0.4, -0.2) is 39.3 Å². The van der Waals surface area contributed by atoms with Crippen molar-refractivity contribution < 1.29 is 9.53 Å². The van der Waals surface area contributed by atoms with E-state index in [1.165, 1.54) is 19.3 Å². The van der Waals surface area contributed by atoms with Crippen molar-refractivity contribution in [1.82, 2.24) is 10.6 Å². The van der Waals surface area contributed by atoms with Crippen molar-refractivity contribution in [1.29, 1.82) is 0 Å². The molecule has 1 amide bonds. The van der Waals surface area contributed by atoms with Gasteiger partial charge in [0.15, 0.2) is 0 Å². The minimum Gasteiger partial charge on any atom is -0.384 e. The Labute approximate surface area is 122 Å². The molecule has 0 atom stereocenters. The molecule has 1 saturated carbocycles. The summed E-state index contributed by atoms with van der Waals surface area (Å²) in [6.45, 7) is 3.58. The van der Waals surface area contributed by atoms with Crippen LogP contribution in [0.15, 0.2) is 0 Å². The average Bonchev–Trinajstić information content (AvgIpc) is 2.33. The summed E-state index contributed by atoms with van der Waals surface area (Å²) in [5.41, 5.74) is 0.148. The van der Waals surface area contributed by atoms with Gasteiger partial charge < -0.3 is 15.4 Å². The highest BCUT2D eigenvalue weighted by molar-refractivity contribution is 5.85. The highest BCUT2D eigenvalue weighted by atomic mass is 35.5. The molecule has 1 aliphatic heterocycles. The van der Waals surface area contributed by atoms with Gasteiger partial charge in [-0.3, -0.25) is 4.79 Å². The normalized spacial score (nSPS) is 22.2. The van der Waals surface area contributed by atoms with Crippen LogP contribution in [0.5, 0.6) is 0 Å². The van der Waals surface area contributed by atoms with Crippen LogP contribution in [0.2, 0.25) is 0 Å². The molecule has 1 aliphatic carbocycles. The molecule has 0 bridgehead atoms. The Bertz CT molecular complexity index is 271. The van der Waals surface area contributed by atoms with Gasteiger partial charge >= 0.3 is 0 Å². The highest BCUT2D eigenvalue weighted by Crippen LogP contribution is 2.30. The molecule has 19 heavy (non-hydrogen) atoms. The maximum atomic E-state index is 11.9. The first-order chi connectivity index (χ1) is 8.74. The molecule has 5 heteroatoms. The molecule has 4 nitrogen and oxygen atoms in total. The van der Waals surface area contributed by atoms with Crippen molar-refractivity contribution in [3.05, 3.63) is 0 Å². The second-order valence-corrected chi connectivity index (χ2v) is 5.96. The van der Waals surface area contributed by atoms with Crippen LogP contribution in [0.4, 0.5) is 0 Å². The van der Waals surface area contributed by atoms with E-state index in [9.17, 15) is 4.79 Å². The van der Waals surface area contributed by atoms with Crippen LogP contribution < -0.4 is 10.6 Å². The Morgan fingerprint density at radius 3 is 2.58 bits per heavy atom. The molecular weight excluding hydrogens is 264 g/mol. The van der Waals surface area contributed by atoms with E-state index in [0.717, 1.165) is 45.5 Å². The quantitative estimate of drug-likeness (QED) is 0.783. The molecule has 2 N–H and O–H groups in total. The van der Waals surface area contributed by atoms with E-state index in [0.29, 0.717) is 5.92 Å². The first kappa shape index (κ1) is 16.7. The molecule has 0 radical (unpaired) electrons. The van der Waals surface area contributed by atoms with Gasteiger partial charge in [-0.25, -0.2) is 0 Å². The summed E-state index contributed by atoms with van der Waals surface area (Å²) in [4.78, 5) is 11.9. The predicted octanol–water partition coefficient (Wildman–Crippen LogP) is 1.73. The Morgan fingerprint density at radius 2 is 2.05 bits per heavy atom. The summed E-state index contributed by atoms with van der Waals surface area (Å²) >= 11 is 0. The first-order valence-electron chi connectivity index (χ1n) is 7.20. The van der Waals surface area contributed by atoms with Crippen LogP contribution >= 0.6 is 12.4 Å². The minimum atomic E-state index is 0. The molecule has 0 aromatic heterocycles. The maximum absolute atomic E-state index is 11.9. The fourth-order valence-electron chi connectivity index (χ4n) is 2.95. The van der Waals surface area contributed by atoms with Crippen molar-refractivity contribution in [3.63, 3.8) is 0 Å². The smallest absolute Gasteiger partial charge is 0.220 e. The monoisotopic (exact) mass is 290 g/mol. The van der Waals surface area contributed by atoms with Crippen LogP contribution in [0.3, 0.4) is 0 Å². The summed E-state index contributed by atoms with van der Waals surface area (Å²) < 4.78 is 5.35. The highest BCUT2D eigenvalue weighted by Gasteiger charge is 2.32. The number of methoxy groups -OCH3 is 1. The topological polar surface area (TPSA) is 50.4 Å². The molecule has 0 aromatic carbocycles. The third-order valence-electron chi connectivity index (χ3n) is 4.47. The van der Waals surface area contributed by atoms with Gasteiger partial charge in [0, 0.05) is 25.5 Å². The number of piperidine rings is 1. The van der Waals surface area contributed by atoms with Gasteiger partial charge in [-0.2, -0.15) is 0 Å². The van der Waals surface area contributed by atoms with Crippen molar-refractivity contribution in [2.24, 2.45) is 11.3 Å². The molecule has 0 aromatic rings. The molecule has 2 rings (SSSR count). The summed E-state index contributed by atoms with van der Waals surface area (Å²) in [6.07, 6.45) is 6.68. The number of hydrogen-bond donors (Lipinski definition) is 2. The van der Waals surface area contributed by atoms with Gasteiger partial charge in [-0.05, 0) is 44.7 Å². The SMILES string of the molecule is COCC1(CNC(=O)CC2CCC2)CCNCC1.Cl. The molecule has 112 valence electrons. The molecular formula is C14H27ClN2O2. The standard InChI is InChI=1S/C14H26N2O2.ClH/c1-18-11-14(5-7-15-8-6-14)10-16-13(17)9-12-3-2-4-12;/h12,15H,2-11H2,1H3,(H,16,17);1H. The molecule has 2 aliphatic rings. The van der Waals surface area contributed by atoms with Gasteiger partial charge in [0.05, 0.1) is 6.61 Å². The number of nitrogens with one attached hydrogen (secondary N) is 2. The fourth-order valence-corrected chi connectivity index (χ4v) is 2.95. The molecule has 1 heterocycles. The van der Waals surface area contributed by atoms with E-state index in [1.54, 1.807) is 7.11 Å². The fraction of sp³-hybridized carbons (Fsp3) is 0.929. The number of amides is 1. The molecule has 0 spiro atoms. The van der Waals surface area contributed by atoms with Gasteiger partial charge in [-0.1, -0.05) is 6.42 Å². The van der Waals surface area contributed by atoms with Crippen molar-refractivity contribution in [2.45, 2.75) is 38.5 Å². The summed E-state index contributed by atoms with van der Waals surface area (Å²) in [7, 11) is 1.75. The number of halogens is 1. The van der Waals surface area contributed by atoms with Gasteiger partial charge in [0.25, 0.3) is 0 Å². The van der Waals surface area contributed by atoms with Crippen molar-refractivity contribution in [3.8, 4) is 0 Å². The van der Waals surface area contributed by atoms with E-state index in [4.69, 9.17) is 4.74 Å². The summed E-state index contributed by atoms with van der Waals surface area (Å²) in [5, 5.41) is 6.50. The summed E-state index contributed by atoms with van der Waals surface area (Å²) in [6, 6.07) is 0. The largest absolute Gasteiger partial charge is 0.384 e. The Balaban J connectivity index is 0.00000180. The number of carbonyl (C=O) groups excluding carboxylic acids is 1.